The smallest absolute Gasteiger partial charge is 0.350 e. The van der Waals surface area contributed by atoms with Gasteiger partial charge in [-0.3, -0.25) is 4.57 Å². The molecule has 1 aromatic carbocycles. The molecule has 98 valence electrons. The van der Waals surface area contributed by atoms with Crippen molar-refractivity contribution >= 4 is 12.3 Å². The van der Waals surface area contributed by atoms with Crippen molar-refractivity contribution in [3.8, 4) is 0 Å². The Kier molecular flexibility index (Phi) is 3.05. The van der Waals surface area contributed by atoms with E-state index >= 15 is 0 Å². The minimum absolute atomic E-state index is 0.115. The molecule has 0 amide bonds. The first-order valence-corrected chi connectivity index (χ1v) is 6.23. The van der Waals surface area contributed by atoms with Gasteiger partial charge >= 0.3 is 5.69 Å². The van der Waals surface area contributed by atoms with Crippen molar-refractivity contribution in [2.24, 2.45) is 0 Å². The summed E-state index contributed by atoms with van der Waals surface area (Å²) in [5.41, 5.74) is 2.20. The van der Waals surface area contributed by atoms with E-state index < -0.39 is 0 Å². The predicted molar refractivity (Wildman–Crippen MR) is 72.8 cm³/mol. The van der Waals surface area contributed by atoms with Crippen LogP contribution in [0.25, 0.3) is 12.3 Å². The molecule has 1 aromatic heterocycles. The van der Waals surface area contributed by atoms with E-state index in [4.69, 9.17) is 4.74 Å². The van der Waals surface area contributed by atoms with Gasteiger partial charge < -0.3 is 4.74 Å². The maximum absolute atomic E-state index is 12.2. The molecule has 2 heterocycles. The summed E-state index contributed by atoms with van der Waals surface area (Å²) in [7, 11) is 1.61. The van der Waals surface area contributed by atoms with E-state index in [1.54, 1.807) is 17.9 Å². The van der Waals surface area contributed by atoms with E-state index in [-0.39, 0.29) is 5.69 Å². The van der Waals surface area contributed by atoms with E-state index in [0.717, 1.165) is 11.4 Å². The van der Waals surface area contributed by atoms with Gasteiger partial charge in [-0.15, -0.1) is 0 Å². The van der Waals surface area contributed by atoms with Crippen molar-refractivity contribution in [3.63, 3.8) is 0 Å². The van der Waals surface area contributed by atoms with Crippen LogP contribution in [0.3, 0.4) is 0 Å². The van der Waals surface area contributed by atoms with Crippen LogP contribution in [0.5, 0.6) is 0 Å². The normalized spacial score (nSPS) is 12.9. The number of rotatable bonds is 3. The number of methoxy groups -OCH3 is 1. The summed E-state index contributed by atoms with van der Waals surface area (Å²) in [5, 5.41) is 4.38. The predicted octanol–water partition coefficient (Wildman–Crippen LogP) is 1.22. The van der Waals surface area contributed by atoms with Crippen LogP contribution in [0.15, 0.2) is 29.1 Å². The average molecular weight is 257 g/mol. The van der Waals surface area contributed by atoms with Gasteiger partial charge in [0, 0.05) is 19.7 Å². The quantitative estimate of drug-likeness (QED) is 0.709. The highest BCUT2D eigenvalue weighted by Gasteiger charge is 2.15. The van der Waals surface area contributed by atoms with Crippen LogP contribution in [0.4, 0.5) is 0 Å². The lowest BCUT2D eigenvalue weighted by Gasteiger charge is -2.01. The van der Waals surface area contributed by atoms with Gasteiger partial charge in [0.25, 0.3) is 0 Å². The van der Waals surface area contributed by atoms with E-state index in [9.17, 15) is 4.79 Å². The largest absolute Gasteiger partial charge is 0.383 e. The Morgan fingerprint density at radius 3 is 3.05 bits per heavy atom. The van der Waals surface area contributed by atoms with Crippen LogP contribution in [0, 0.1) is 0 Å². The number of benzene rings is 1. The zero-order valence-electron chi connectivity index (χ0n) is 10.7. The average Bonchev–Trinajstić information content (AvgIpc) is 2.61. The number of fused-ring (bicyclic) bond motifs is 2. The first kappa shape index (κ1) is 11.9. The van der Waals surface area contributed by atoms with E-state index in [2.05, 4.69) is 11.2 Å². The fourth-order valence-corrected chi connectivity index (χ4v) is 2.24. The number of aromatic nitrogens is 3. The standard InChI is InChI=1S/C14H15N3O2/c1-19-9-8-17-14(18)16-7-6-11-4-2-3-5-12(11)10-13(16)15-17/h2-7H,8-10H2,1H3. The van der Waals surface area contributed by atoms with Crippen LogP contribution < -0.4 is 5.69 Å². The van der Waals surface area contributed by atoms with Crippen LogP contribution in [0.1, 0.15) is 17.0 Å². The molecule has 0 N–H and O–H groups in total. The second-order valence-corrected chi connectivity index (χ2v) is 4.48. The SMILES string of the molecule is COCCn1nc2n(c1=O)C=Cc1ccccc1C2. The number of nitrogens with zero attached hydrogens (tertiary/aromatic N) is 3. The van der Waals surface area contributed by atoms with Crippen LogP contribution >= 0.6 is 0 Å². The lowest BCUT2D eigenvalue weighted by molar-refractivity contribution is 0.182. The van der Waals surface area contributed by atoms with E-state index in [1.165, 1.54) is 10.2 Å². The Morgan fingerprint density at radius 2 is 2.21 bits per heavy atom. The lowest BCUT2D eigenvalue weighted by atomic mass is 10.1. The molecule has 0 radical (unpaired) electrons. The second kappa shape index (κ2) is 4.85. The van der Waals surface area contributed by atoms with Crippen LogP contribution in [0.2, 0.25) is 0 Å². The van der Waals surface area contributed by atoms with Crippen molar-refractivity contribution in [1.82, 2.24) is 14.3 Å². The monoisotopic (exact) mass is 257 g/mol. The Morgan fingerprint density at radius 1 is 1.37 bits per heavy atom. The van der Waals surface area contributed by atoms with Crippen LogP contribution in [-0.2, 0) is 17.7 Å². The maximum atomic E-state index is 12.2. The van der Waals surface area contributed by atoms with Gasteiger partial charge in [0.15, 0.2) is 0 Å². The molecule has 0 fully saturated rings. The van der Waals surface area contributed by atoms with Crippen molar-refractivity contribution in [1.29, 1.82) is 0 Å². The molecule has 1 aliphatic heterocycles. The summed E-state index contributed by atoms with van der Waals surface area (Å²) >= 11 is 0. The van der Waals surface area contributed by atoms with Gasteiger partial charge in [-0.05, 0) is 17.2 Å². The minimum atomic E-state index is -0.115. The summed E-state index contributed by atoms with van der Waals surface area (Å²) < 4.78 is 8.05. The highest BCUT2D eigenvalue weighted by atomic mass is 16.5. The first-order valence-electron chi connectivity index (χ1n) is 6.23. The molecule has 1 aliphatic rings. The molecule has 0 bridgehead atoms. The fraction of sp³-hybridized carbons (Fsp3) is 0.286. The molecule has 2 aromatic rings. The molecule has 5 heteroatoms. The van der Waals surface area contributed by atoms with Gasteiger partial charge in [0.1, 0.15) is 5.82 Å². The van der Waals surface area contributed by atoms with Gasteiger partial charge in [0.05, 0.1) is 13.2 Å². The Balaban J connectivity index is 2.02. The zero-order chi connectivity index (χ0) is 13.2. The molecule has 0 unspecified atom stereocenters. The molecule has 19 heavy (non-hydrogen) atoms. The summed E-state index contributed by atoms with van der Waals surface area (Å²) in [4.78, 5) is 12.2. The third-order valence-corrected chi connectivity index (χ3v) is 3.26. The molecule has 0 atom stereocenters. The maximum Gasteiger partial charge on any atom is 0.350 e. The lowest BCUT2D eigenvalue weighted by Crippen LogP contribution is -2.24. The molecule has 0 saturated heterocycles. The summed E-state index contributed by atoms with van der Waals surface area (Å²) in [6.45, 7) is 0.960. The van der Waals surface area contributed by atoms with Gasteiger partial charge in [-0.2, -0.15) is 5.10 Å². The highest BCUT2D eigenvalue weighted by molar-refractivity contribution is 5.65. The number of hydrogen-bond acceptors (Lipinski definition) is 3. The van der Waals surface area contributed by atoms with E-state index in [0.29, 0.717) is 19.6 Å². The molecular weight excluding hydrogens is 242 g/mol. The van der Waals surface area contributed by atoms with Crippen LogP contribution in [-0.4, -0.2) is 28.1 Å². The van der Waals surface area contributed by atoms with Crippen molar-refractivity contribution in [2.75, 3.05) is 13.7 Å². The third-order valence-electron chi connectivity index (χ3n) is 3.26. The summed E-state index contributed by atoms with van der Waals surface area (Å²) in [5.74, 6) is 0.766. The number of ether oxygens (including phenoxy) is 1. The van der Waals surface area contributed by atoms with Crippen molar-refractivity contribution in [2.45, 2.75) is 13.0 Å². The van der Waals surface area contributed by atoms with E-state index in [1.807, 2.05) is 24.3 Å². The second-order valence-electron chi connectivity index (χ2n) is 4.48. The van der Waals surface area contributed by atoms with Crippen molar-refractivity contribution in [3.05, 3.63) is 51.7 Å². The third kappa shape index (κ3) is 2.13. The highest BCUT2D eigenvalue weighted by Crippen LogP contribution is 2.18. The Hall–Kier alpha value is -2.14. The zero-order valence-corrected chi connectivity index (χ0v) is 10.7. The first-order chi connectivity index (χ1) is 9.29. The summed E-state index contributed by atoms with van der Waals surface area (Å²) in [6.07, 6.45) is 4.41. The van der Waals surface area contributed by atoms with Gasteiger partial charge in [0.2, 0.25) is 0 Å². The van der Waals surface area contributed by atoms with Crippen molar-refractivity contribution < 1.29 is 4.74 Å². The molecule has 0 saturated carbocycles. The van der Waals surface area contributed by atoms with Gasteiger partial charge in [-0.25, -0.2) is 9.48 Å². The number of hydrogen-bond donors (Lipinski definition) is 0. The Bertz CT molecular complexity index is 682. The molecule has 3 rings (SSSR count). The summed E-state index contributed by atoms with van der Waals surface area (Å²) in [6, 6.07) is 8.10. The molecule has 5 nitrogen and oxygen atoms in total. The molecular formula is C14H15N3O2. The minimum Gasteiger partial charge on any atom is -0.383 e. The molecule has 0 spiro atoms. The topological polar surface area (TPSA) is 49.0 Å². The molecule has 0 aliphatic carbocycles. The Labute approximate surface area is 110 Å². The fourth-order valence-electron chi connectivity index (χ4n) is 2.24. The van der Waals surface area contributed by atoms with Gasteiger partial charge in [-0.1, -0.05) is 24.3 Å².